The van der Waals surface area contributed by atoms with Gasteiger partial charge in [-0.3, -0.25) is 14.4 Å². The zero-order valence-electron chi connectivity index (χ0n) is 12.7. The van der Waals surface area contributed by atoms with Crippen LogP contribution in [0.1, 0.15) is 48.0 Å². The maximum atomic E-state index is 11.7. The summed E-state index contributed by atoms with van der Waals surface area (Å²) in [5.74, 6) is -2.24. The van der Waals surface area contributed by atoms with E-state index in [0.717, 1.165) is 0 Å². The Hall–Kier alpha value is -1.39. The Kier molecular flexibility index (Phi) is 5.72. The molecule has 5 nitrogen and oxygen atoms in total. The number of ketones is 1. The highest BCUT2D eigenvalue weighted by Gasteiger charge is 2.33. The molecule has 0 aromatic rings. The van der Waals surface area contributed by atoms with E-state index in [1.54, 1.807) is 41.5 Å². The van der Waals surface area contributed by atoms with Crippen molar-refractivity contribution in [3.63, 3.8) is 0 Å². The summed E-state index contributed by atoms with van der Waals surface area (Å²) in [4.78, 5) is 34.5. The van der Waals surface area contributed by atoms with Crippen LogP contribution in [0.2, 0.25) is 0 Å². The topological polar surface area (TPSA) is 83.5 Å². The van der Waals surface area contributed by atoms with Crippen LogP contribution in [0.3, 0.4) is 0 Å². The number of aliphatic carboxylic acids is 1. The van der Waals surface area contributed by atoms with Gasteiger partial charge in [0.25, 0.3) is 0 Å². The molecule has 1 unspecified atom stereocenters. The van der Waals surface area contributed by atoms with Crippen LogP contribution in [0.25, 0.3) is 0 Å². The molecular weight excluding hydrogens is 246 g/mol. The first-order valence-corrected chi connectivity index (χ1v) is 6.38. The molecule has 0 aliphatic rings. The maximum absolute atomic E-state index is 11.7. The van der Waals surface area contributed by atoms with E-state index in [1.165, 1.54) is 0 Å². The van der Waals surface area contributed by atoms with Crippen LogP contribution in [0, 0.1) is 16.7 Å². The number of carboxylic acid groups (broad SMARTS) is 1. The second kappa shape index (κ2) is 6.17. The Morgan fingerprint density at radius 1 is 1.05 bits per heavy atom. The number of Topliss-reactive ketones (excluding diaryl/α,β-unsaturated/α-hetero) is 1. The molecule has 19 heavy (non-hydrogen) atoms. The highest BCUT2D eigenvalue weighted by atomic mass is 16.4. The fourth-order valence-corrected chi connectivity index (χ4v) is 1.47. The predicted octanol–water partition coefficient (Wildman–Crippen LogP) is 1.85. The van der Waals surface area contributed by atoms with Crippen molar-refractivity contribution in [2.45, 2.75) is 48.0 Å². The summed E-state index contributed by atoms with van der Waals surface area (Å²) in [7, 11) is 0. The van der Waals surface area contributed by atoms with Crippen molar-refractivity contribution in [1.82, 2.24) is 5.32 Å². The molecule has 110 valence electrons. The summed E-state index contributed by atoms with van der Waals surface area (Å²) in [6.45, 7) is 10.6. The van der Waals surface area contributed by atoms with Gasteiger partial charge in [-0.1, -0.05) is 41.5 Å². The van der Waals surface area contributed by atoms with Crippen LogP contribution in [0.5, 0.6) is 0 Å². The molecule has 0 aromatic carbocycles. The van der Waals surface area contributed by atoms with Gasteiger partial charge in [-0.25, -0.2) is 0 Å². The summed E-state index contributed by atoms with van der Waals surface area (Å²) in [5, 5.41) is 11.6. The molecule has 0 bridgehead atoms. The minimum atomic E-state index is -0.996. The van der Waals surface area contributed by atoms with Crippen molar-refractivity contribution >= 4 is 17.7 Å². The molecule has 1 atom stereocenters. The number of carboxylic acids is 1. The number of nitrogens with one attached hydrogen (secondary N) is 1. The van der Waals surface area contributed by atoms with Gasteiger partial charge in [-0.2, -0.15) is 0 Å². The lowest BCUT2D eigenvalue weighted by Crippen LogP contribution is -2.39. The predicted molar refractivity (Wildman–Crippen MR) is 72.7 cm³/mol. The van der Waals surface area contributed by atoms with Gasteiger partial charge in [-0.05, 0) is 5.41 Å². The van der Waals surface area contributed by atoms with Crippen molar-refractivity contribution in [2.75, 3.05) is 6.54 Å². The summed E-state index contributed by atoms with van der Waals surface area (Å²) < 4.78 is 0. The summed E-state index contributed by atoms with van der Waals surface area (Å²) in [5.41, 5.74) is -1.01. The van der Waals surface area contributed by atoms with E-state index in [1.807, 2.05) is 0 Å². The monoisotopic (exact) mass is 271 g/mol. The molecule has 0 aliphatic heterocycles. The van der Waals surface area contributed by atoms with Crippen LogP contribution in [0.15, 0.2) is 0 Å². The van der Waals surface area contributed by atoms with E-state index >= 15 is 0 Å². The Labute approximate surface area is 114 Å². The highest BCUT2D eigenvalue weighted by molar-refractivity contribution is 5.90. The van der Waals surface area contributed by atoms with Crippen LogP contribution in [-0.2, 0) is 14.4 Å². The number of hydrogen-bond acceptors (Lipinski definition) is 3. The standard InChI is InChI=1S/C14H25NO4/c1-13(2,3)9(12(18)19)7-11(17)15-8-10(16)14(4,5)6/h9H,7-8H2,1-6H3,(H,15,17)(H,18,19). The lowest BCUT2D eigenvalue weighted by Gasteiger charge is -2.26. The normalized spacial score (nSPS) is 13.8. The zero-order valence-corrected chi connectivity index (χ0v) is 12.7. The molecule has 0 saturated carbocycles. The van der Waals surface area contributed by atoms with Gasteiger partial charge in [0.05, 0.1) is 12.5 Å². The lowest BCUT2D eigenvalue weighted by molar-refractivity contribution is -0.148. The van der Waals surface area contributed by atoms with Crippen molar-refractivity contribution in [2.24, 2.45) is 16.7 Å². The molecule has 0 radical (unpaired) electrons. The van der Waals surface area contributed by atoms with Crippen molar-refractivity contribution in [3.05, 3.63) is 0 Å². The molecule has 0 saturated heterocycles. The summed E-state index contributed by atoms with van der Waals surface area (Å²) in [6.07, 6.45) is -0.115. The molecule has 0 rings (SSSR count). The SMILES string of the molecule is CC(C)(C)C(=O)CNC(=O)CC(C(=O)O)C(C)(C)C. The summed E-state index contributed by atoms with van der Waals surface area (Å²) >= 11 is 0. The van der Waals surface area contributed by atoms with Crippen LogP contribution in [-0.4, -0.2) is 29.3 Å². The van der Waals surface area contributed by atoms with E-state index in [0.29, 0.717) is 0 Å². The van der Waals surface area contributed by atoms with E-state index in [-0.39, 0.29) is 18.7 Å². The molecule has 5 heteroatoms. The third-order valence-electron chi connectivity index (χ3n) is 3.02. The fraction of sp³-hybridized carbons (Fsp3) is 0.786. The molecule has 2 N–H and O–H groups in total. The number of carbonyl (C=O) groups is 3. The number of carbonyl (C=O) groups excluding carboxylic acids is 2. The van der Waals surface area contributed by atoms with Crippen LogP contribution < -0.4 is 5.32 Å². The van der Waals surface area contributed by atoms with Crippen molar-refractivity contribution in [1.29, 1.82) is 0 Å². The first-order valence-electron chi connectivity index (χ1n) is 6.38. The molecule has 0 fully saturated rings. The Balaban J connectivity index is 4.46. The third kappa shape index (κ3) is 6.36. The van der Waals surface area contributed by atoms with Crippen molar-refractivity contribution < 1.29 is 19.5 Å². The minimum absolute atomic E-state index is 0.0567. The number of amides is 1. The molecule has 0 aromatic heterocycles. The summed E-state index contributed by atoms with van der Waals surface area (Å²) in [6, 6.07) is 0. The van der Waals surface area contributed by atoms with Gasteiger partial charge in [0.1, 0.15) is 0 Å². The van der Waals surface area contributed by atoms with Crippen LogP contribution >= 0.6 is 0 Å². The minimum Gasteiger partial charge on any atom is -0.481 e. The van der Waals surface area contributed by atoms with Gasteiger partial charge >= 0.3 is 5.97 Å². The van der Waals surface area contributed by atoms with Gasteiger partial charge < -0.3 is 10.4 Å². The quantitative estimate of drug-likeness (QED) is 0.799. The highest BCUT2D eigenvalue weighted by Crippen LogP contribution is 2.28. The smallest absolute Gasteiger partial charge is 0.307 e. The van der Waals surface area contributed by atoms with Gasteiger partial charge in [0.2, 0.25) is 5.91 Å². The van der Waals surface area contributed by atoms with Crippen molar-refractivity contribution in [3.8, 4) is 0 Å². The van der Waals surface area contributed by atoms with Gasteiger partial charge in [-0.15, -0.1) is 0 Å². The average molecular weight is 271 g/mol. The Bertz CT molecular complexity index is 361. The average Bonchev–Trinajstić information content (AvgIpc) is 2.18. The van der Waals surface area contributed by atoms with E-state index in [4.69, 9.17) is 5.11 Å². The zero-order chi connectivity index (χ0) is 15.4. The van der Waals surface area contributed by atoms with Gasteiger partial charge in [0, 0.05) is 11.8 Å². The molecule has 0 spiro atoms. The fourth-order valence-electron chi connectivity index (χ4n) is 1.47. The first kappa shape index (κ1) is 17.6. The molecule has 0 heterocycles. The van der Waals surface area contributed by atoms with Crippen LogP contribution in [0.4, 0.5) is 0 Å². The Morgan fingerprint density at radius 3 is 1.84 bits per heavy atom. The molecule has 1 amide bonds. The second-order valence-electron chi connectivity index (χ2n) is 6.91. The van der Waals surface area contributed by atoms with E-state index < -0.39 is 28.6 Å². The van der Waals surface area contributed by atoms with E-state index in [9.17, 15) is 14.4 Å². The second-order valence-corrected chi connectivity index (χ2v) is 6.91. The first-order chi connectivity index (χ1) is 8.35. The molecular formula is C14H25NO4. The lowest BCUT2D eigenvalue weighted by atomic mass is 9.78. The Morgan fingerprint density at radius 2 is 1.53 bits per heavy atom. The third-order valence-corrected chi connectivity index (χ3v) is 3.02. The van der Waals surface area contributed by atoms with E-state index in [2.05, 4.69) is 5.32 Å². The number of hydrogen-bond donors (Lipinski definition) is 2. The number of rotatable bonds is 5. The molecule has 0 aliphatic carbocycles. The largest absolute Gasteiger partial charge is 0.481 e. The maximum Gasteiger partial charge on any atom is 0.307 e. The van der Waals surface area contributed by atoms with Gasteiger partial charge in [0.15, 0.2) is 5.78 Å².